The maximum Gasteiger partial charge on any atom is 0.490 e. The van der Waals surface area contributed by atoms with Gasteiger partial charge >= 0.3 is 12.1 Å². The molecule has 0 aromatic carbocycles. The van der Waals surface area contributed by atoms with E-state index in [-0.39, 0.29) is 17.4 Å². The number of hydrogen-bond donors (Lipinski definition) is 2. The summed E-state index contributed by atoms with van der Waals surface area (Å²) in [4.78, 5) is 23.1. The molecule has 1 saturated carbocycles. The third kappa shape index (κ3) is 4.38. The van der Waals surface area contributed by atoms with Gasteiger partial charge in [-0.1, -0.05) is 20.8 Å². The standard InChI is InChI=1S/C13H21N3O.C2HF3O2/c1-4-13(2,3)11(15)12(17)16-9(7-14)5-8-6-10(8)16;3-2(4,5)1(6)7/h8-11H,4-6,15H2,1-3H3;(H,6,7)/t8-,9+,10+,11-;/m1./s1. The highest BCUT2D eigenvalue weighted by Crippen LogP contribution is 2.48. The Morgan fingerprint density at radius 1 is 1.38 bits per heavy atom. The maximum atomic E-state index is 12.4. The normalized spacial score (nSPS) is 26.6. The molecule has 2 aliphatic rings. The number of rotatable bonds is 3. The van der Waals surface area contributed by atoms with Crippen molar-refractivity contribution in [2.24, 2.45) is 17.1 Å². The van der Waals surface area contributed by atoms with E-state index in [2.05, 4.69) is 6.07 Å². The molecule has 1 aliphatic carbocycles. The lowest BCUT2D eigenvalue weighted by Crippen LogP contribution is -2.53. The molecule has 0 radical (unpaired) electrons. The van der Waals surface area contributed by atoms with E-state index in [1.54, 1.807) is 4.90 Å². The highest BCUT2D eigenvalue weighted by molar-refractivity contribution is 5.84. The number of carbonyl (C=O) groups is 2. The van der Waals surface area contributed by atoms with Gasteiger partial charge in [-0.15, -0.1) is 0 Å². The Bertz CT molecular complexity index is 542. The summed E-state index contributed by atoms with van der Waals surface area (Å²) in [7, 11) is 0. The lowest BCUT2D eigenvalue weighted by atomic mass is 9.81. The zero-order chi connectivity index (χ0) is 18.9. The van der Waals surface area contributed by atoms with Gasteiger partial charge in [0.1, 0.15) is 6.04 Å². The van der Waals surface area contributed by atoms with Crippen LogP contribution in [-0.4, -0.2) is 46.2 Å². The van der Waals surface area contributed by atoms with Gasteiger partial charge in [-0.2, -0.15) is 18.4 Å². The average molecular weight is 349 g/mol. The van der Waals surface area contributed by atoms with Crippen molar-refractivity contribution in [3.05, 3.63) is 0 Å². The van der Waals surface area contributed by atoms with E-state index >= 15 is 0 Å². The van der Waals surface area contributed by atoms with Crippen molar-refractivity contribution in [2.75, 3.05) is 0 Å². The van der Waals surface area contributed by atoms with Crippen molar-refractivity contribution in [3.8, 4) is 6.07 Å². The van der Waals surface area contributed by atoms with E-state index < -0.39 is 18.2 Å². The van der Waals surface area contributed by atoms with Crippen LogP contribution in [0, 0.1) is 22.7 Å². The lowest BCUT2D eigenvalue weighted by molar-refractivity contribution is -0.192. The Kier molecular flexibility index (Phi) is 5.87. The molecule has 0 unspecified atom stereocenters. The second-order valence-corrected chi connectivity index (χ2v) is 6.81. The number of carbonyl (C=O) groups excluding carboxylic acids is 1. The molecule has 1 aliphatic heterocycles. The van der Waals surface area contributed by atoms with Gasteiger partial charge in [0.2, 0.25) is 5.91 Å². The molecule has 0 aromatic rings. The van der Waals surface area contributed by atoms with Crippen LogP contribution in [0.4, 0.5) is 13.2 Å². The predicted molar refractivity (Wildman–Crippen MR) is 78.5 cm³/mol. The van der Waals surface area contributed by atoms with Crippen molar-refractivity contribution in [1.82, 2.24) is 4.90 Å². The molecule has 136 valence electrons. The molecule has 9 heteroatoms. The summed E-state index contributed by atoms with van der Waals surface area (Å²) in [6.07, 6.45) is -2.32. The molecule has 1 amide bonds. The fraction of sp³-hybridized carbons (Fsp3) is 0.800. The zero-order valence-electron chi connectivity index (χ0n) is 13.8. The largest absolute Gasteiger partial charge is 0.490 e. The average Bonchev–Trinajstić information content (AvgIpc) is 3.15. The minimum absolute atomic E-state index is 0.0339. The first kappa shape index (κ1) is 20.2. The summed E-state index contributed by atoms with van der Waals surface area (Å²) >= 11 is 0. The molecular formula is C15H22F3N3O3. The number of nitrogens with zero attached hydrogens (tertiary/aromatic N) is 2. The minimum atomic E-state index is -5.08. The summed E-state index contributed by atoms with van der Waals surface area (Å²) < 4.78 is 31.7. The van der Waals surface area contributed by atoms with Crippen LogP contribution in [0.2, 0.25) is 0 Å². The number of piperidine rings is 1. The van der Waals surface area contributed by atoms with Crippen molar-refractivity contribution in [2.45, 2.75) is 64.3 Å². The molecule has 2 fully saturated rings. The van der Waals surface area contributed by atoms with Gasteiger partial charge in [0.15, 0.2) is 0 Å². The fourth-order valence-electron chi connectivity index (χ4n) is 2.60. The van der Waals surface area contributed by atoms with Crippen molar-refractivity contribution < 1.29 is 27.9 Å². The van der Waals surface area contributed by atoms with E-state index in [9.17, 15) is 18.0 Å². The highest BCUT2D eigenvalue weighted by Gasteiger charge is 2.55. The SMILES string of the molecule is CCC(C)(C)[C@H](N)C(=O)N1[C@H](C#N)C[C@@H]2C[C@@H]21.O=C(O)C(F)(F)F. The Morgan fingerprint density at radius 3 is 2.25 bits per heavy atom. The molecule has 0 aromatic heterocycles. The number of carboxylic acid groups (broad SMARTS) is 1. The number of likely N-dealkylation sites (tertiary alicyclic amines) is 1. The van der Waals surface area contributed by atoms with Crippen LogP contribution < -0.4 is 5.73 Å². The summed E-state index contributed by atoms with van der Waals surface area (Å²) in [6.45, 7) is 6.06. The Morgan fingerprint density at radius 2 is 1.88 bits per heavy atom. The summed E-state index contributed by atoms with van der Waals surface area (Å²) in [5.41, 5.74) is 5.88. The molecular weight excluding hydrogens is 327 g/mol. The van der Waals surface area contributed by atoms with Crippen LogP contribution >= 0.6 is 0 Å². The van der Waals surface area contributed by atoms with Gasteiger partial charge in [0, 0.05) is 6.04 Å². The number of halogens is 3. The van der Waals surface area contributed by atoms with Crippen molar-refractivity contribution in [3.63, 3.8) is 0 Å². The predicted octanol–water partition coefficient (Wildman–Crippen LogP) is 1.90. The van der Waals surface area contributed by atoms with E-state index in [0.717, 1.165) is 19.3 Å². The van der Waals surface area contributed by atoms with Crippen LogP contribution in [0.25, 0.3) is 0 Å². The first-order valence-corrected chi connectivity index (χ1v) is 7.64. The first-order chi connectivity index (χ1) is 10.9. The van der Waals surface area contributed by atoms with Crippen molar-refractivity contribution in [1.29, 1.82) is 5.26 Å². The Balaban J connectivity index is 0.000000351. The van der Waals surface area contributed by atoms with Crippen molar-refractivity contribution >= 4 is 11.9 Å². The number of nitriles is 1. The molecule has 4 atom stereocenters. The van der Waals surface area contributed by atoms with Gasteiger partial charge in [-0.25, -0.2) is 4.79 Å². The summed E-state index contributed by atoms with van der Waals surface area (Å²) in [5, 5.41) is 16.2. The van der Waals surface area contributed by atoms with Crippen LogP contribution in [-0.2, 0) is 9.59 Å². The second-order valence-electron chi connectivity index (χ2n) is 6.81. The van der Waals surface area contributed by atoms with E-state index in [1.807, 2.05) is 20.8 Å². The summed E-state index contributed by atoms with van der Waals surface area (Å²) in [6, 6.07) is 1.78. The van der Waals surface area contributed by atoms with Gasteiger partial charge in [0.25, 0.3) is 0 Å². The van der Waals surface area contributed by atoms with Crippen LogP contribution in [0.5, 0.6) is 0 Å². The number of hydrogen-bond acceptors (Lipinski definition) is 4. The number of aliphatic carboxylic acids is 1. The Labute approximate surface area is 138 Å². The third-order valence-corrected chi connectivity index (χ3v) is 4.77. The second kappa shape index (κ2) is 6.97. The smallest absolute Gasteiger partial charge is 0.475 e. The fourth-order valence-corrected chi connectivity index (χ4v) is 2.60. The van der Waals surface area contributed by atoms with Crippen LogP contribution in [0.15, 0.2) is 0 Å². The molecule has 1 saturated heterocycles. The molecule has 0 bridgehead atoms. The van der Waals surface area contributed by atoms with Crippen LogP contribution in [0.1, 0.15) is 40.0 Å². The van der Waals surface area contributed by atoms with Gasteiger partial charge in [0.05, 0.1) is 12.1 Å². The number of alkyl halides is 3. The van der Waals surface area contributed by atoms with Gasteiger partial charge < -0.3 is 15.7 Å². The van der Waals surface area contributed by atoms with E-state index in [4.69, 9.17) is 20.9 Å². The molecule has 0 spiro atoms. The minimum Gasteiger partial charge on any atom is -0.475 e. The number of amides is 1. The molecule has 1 heterocycles. The monoisotopic (exact) mass is 349 g/mol. The van der Waals surface area contributed by atoms with E-state index in [1.165, 1.54) is 0 Å². The highest BCUT2D eigenvalue weighted by atomic mass is 19.4. The number of carboxylic acids is 1. The van der Waals surface area contributed by atoms with E-state index in [0.29, 0.717) is 12.0 Å². The molecule has 2 rings (SSSR count). The first-order valence-electron chi connectivity index (χ1n) is 7.64. The van der Waals surface area contributed by atoms with Crippen LogP contribution in [0.3, 0.4) is 0 Å². The lowest BCUT2D eigenvalue weighted by Gasteiger charge is -2.34. The molecule has 3 N–H and O–H groups in total. The zero-order valence-corrected chi connectivity index (χ0v) is 13.8. The molecule has 24 heavy (non-hydrogen) atoms. The molecule has 6 nitrogen and oxygen atoms in total. The topological polar surface area (TPSA) is 107 Å². The third-order valence-electron chi connectivity index (χ3n) is 4.77. The maximum absolute atomic E-state index is 12.4. The summed E-state index contributed by atoms with van der Waals surface area (Å²) in [5.74, 6) is -2.23. The number of fused-ring (bicyclic) bond motifs is 1. The quantitative estimate of drug-likeness (QED) is 0.809. The van der Waals surface area contributed by atoms with Gasteiger partial charge in [-0.05, 0) is 30.6 Å². The van der Waals surface area contributed by atoms with Gasteiger partial charge in [-0.3, -0.25) is 4.79 Å². The Hall–Kier alpha value is -1.82. The number of nitrogens with two attached hydrogens (primary N) is 1.